The number of imide groups is 1. The number of alkyl halides is 1. The Kier molecular flexibility index (Phi) is 2.45. The van der Waals surface area contributed by atoms with Crippen LogP contribution in [0.3, 0.4) is 0 Å². The van der Waals surface area contributed by atoms with Gasteiger partial charge in [-0.25, -0.2) is 4.79 Å². The zero-order chi connectivity index (χ0) is 8.43. The summed E-state index contributed by atoms with van der Waals surface area (Å²) in [5.74, 6) is -0.388. The van der Waals surface area contributed by atoms with Crippen molar-refractivity contribution >= 4 is 27.9 Å². The van der Waals surface area contributed by atoms with E-state index in [1.54, 1.807) is 0 Å². The zero-order valence-corrected chi connectivity index (χ0v) is 7.34. The standard InChI is InChI=1S/C5H7BrN2O3/c1-11-4-2(6)3(9)7-5(10)8-4/h2,4H,1H3,(H2,7,8,9,10)/t2-,4+/m0/s1. The van der Waals surface area contributed by atoms with Crippen LogP contribution in [-0.4, -0.2) is 30.1 Å². The highest BCUT2D eigenvalue weighted by Gasteiger charge is 2.33. The van der Waals surface area contributed by atoms with Gasteiger partial charge in [-0.05, 0) is 0 Å². The van der Waals surface area contributed by atoms with E-state index in [4.69, 9.17) is 4.74 Å². The molecule has 0 spiro atoms. The molecular formula is C5H7BrN2O3. The molecule has 1 saturated heterocycles. The van der Waals surface area contributed by atoms with Gasteiger partial charge in [0.15, 0.2) is 6.23 Å². The Morgan fingerprint density at radius 1 is 1.55 bits per heavy atom. The van der Waals surface area contributed by atoms with Crippen LogP contribution in [0.2, 0.25) is 0 Å². The smallest absolute Gasteiger partial charge is 0.323 e. The number of carbonyl (C=O) groups excluding carboxylic acids is 2. The van der Waals surface area contributed by atoms with Gasteiger partial charge < -0.3 is 10.1 Å². The van der Waals surface area contributed by atoms with Gasteiger partial charge in [-0.3, -0.25) is 10.1 Å². The second-order valence-electron chi connectivity index (χ2n) is 2.02. The van der Waals surface area contributed by atoms with Crippen LogP contribution in [0, 0.1) is 0 Å². The molecule has 0 unspecified atom stereocenters. The van der Waals surface area contributed by atoms with Crippen molar-refractivity contribution in [2.24, 2.45) is 0 Å². The number of methoxy groups -OCH3 is 1. The number of rotatable bonds is 1. The molecule has 2 N–H and O–H groups in total. The second-order valence-corrected chi connectivity index (χ2v) is 3.01. The van der Waals surface area contributed by atoms with E-state index < -0.39 is 17.1 Å². The monoisotopic (exact) mass is 222 g/mol. The molecule has 1 fully saturated rings. The summed E-state index contributed by atoms with van der Waals surface area (Å²) < 4.78 is 4.80. The molecule has 0 aliphatic carbocycles. The Balaban J connectivity index is 2.66. The van der Waals surface area contributed by atoms with Crippen LogP contribution in [0.4, 0.5) is 4.79 Å². The maximum Gasteiger partial charge on any atom is 0.323 e. The summed E-state index contributed by atoms with van der Waals surface area (Å²) in [6, 6.07) is -0.530. The summed E-state index contributed by atoms with van der Waals surface area (Å²) in [4.78, 5) is 21.0. The average molecular weight is 223 g/mol. The van der Waals surface area contributed by atoms with Crippen LogP contribution in [-0.2, 0) is 9.53 Å². The van der Waals surface area contributed by atoms with Crippen molar-refractivity contribution in [2.75, 3.05) is 7.11 Å². The molecule has 0 aromatic heterocycles. The fourth-order valence-corrected chi connectivity index (χ4v) is 1.20. The lowest BCUT2D eigenvalue weighted by Gasteiger charge is -2.26. The molecule has 0 bridgehead atoms. The third-order valence-corrected chi connectivity index (χ3v) is 2.18. The van der Waals surface area contributed by atoms with Crippen LogP contribution in [0.1, 0.15) is 0 Å². The highest BCUT2D eigenvalue weighted by atomic mass is 79.9. The van der Waals surface area contributed by atoms with Gasteiger partial charge in [0.1, 0.15) is 4.83 Å². The summed E-state index contributed by atoms with van der Waals surface area (Å²) in [5, 5.41) is 4.48. The van der Waals surface area contributed by atoms with Crippen molar-refractivity contribution in [1.82, 2.24) is 10.6 Å². The normalized spacial score (nSPS) is 31.1. The molecule has 1 aliphatic heterocycles. The van der Waals surface area contributed by atoms with Gasteiger partial charge in [-0.1, -0.05) is 15.9 Å². The highest BCUT2D eigenvalue weighted by molar-refractivity contribution is 9.10. The number of halogens is 1. The number of nitrogens with one attached hydrogen (secondary N) is 2. The lowest BCUT2D eigenvalue weighted by molar-refractivity contribution is -0.123. The van der Waals surface area contributed by atoms with Crippen LogP contribution in [0.15, 0.2) is 0 Å². The maximum absolute atomic E-state index is 10.9. The molecule has 3 amide bonds. The minimum absolute atomic E-state index is 0.388. The van der Waals surface area contributed by atoms with Crippen molar-refractivity contribution in [2.45, 2.75) is 11.1 Å². The minimum Gasteiger partial charge on any atom is -0.360 e. The topological polar surface area (TPSA) is 67.4 Å². The Labute approximate surface area is 71.6 Å². The first-order chi connectivity index (χ1) is 5.15. The van der Waals surface area contributed by atoms with Crippen LogP contribution in [0.25, 0.3) is 0 Å². The Hall–Kier alpha value is -0.620. The van der Waals surface area contributed by atoms with Gasteiger partial charge >= 0.3 is 6.03 Å². The molecule has 0 saturated carbocycles. The van der Waals surface area contributed by atoms with E-state index in [2.05, 4.69) is 26.6 Å². The van der Waals surface area contributed by atoms with Crippen LogP contribution < -0.4 is 10.6 Å². The first-order valence-electron chi connectivity index (χ1n) is 2.93. The van der Waals surface area contributed by atoms with E-state index in [0.29, 0.717) is 0 Å². The molecule has 0 aromatic carbocycles. The Bertz CT molecular complexity index is 196. The molecule has 0 radical (unpaired) electrons. The van der Waals surface area contributed by atoms with Gasteiger partial charge in [0.05, 0.1) is 0 Å². The Morgan fingerprint density at radius 3 is 2.73 bits per heavy atom. The molecule has 2 atom stereocenters. The number of urea groups is 1. The third-order valence-electron chi connectivity index (χ3n) is 1.28. The van der Waals surface area contributed by atoms with Gasteiger partial charge in [-0.2, -0.15) is 0 Å². The first kappa shape index (κ1) is 8.48. The van der Waals surface area contributed by atoms with Gasteiger partial charge in [-0.15, -0.1) is 0 Å². The van der Waals surface area contributed by atoms with Crippen molar-refractivity contribution in [3.05, 3.63) is 0 Å². The van der Waals surface area contributed by atoms with E-state index in [9.17, 15) is 9.59 Å². The number of hydrogen-bond donors (Lipinski definition) is 2. The summed E-state index contributed by atoms with van der Waals surface area (Å²) in [7, 11) is 1.41. The lowest BCUT2D eigenvalue weighted by Crippen LogP contribution is -2.59. The predicted molar refractivity (Wildman–Crippen MR) is 40.2 cm³/mol. The number of carbonyl (C=O) groups is 2. The maximum atomic E-state index is 10.9. The summed E-state index contributed by atoms with van der Waals surface area (Å²) >= 11 is 3.06. The SMILES string of the molecule is CO[C@H]1NC(=O)NC(=O)[C@@H]1Br. The average Bonchev–Trinajstić information content (AvgIpc) is 1.96. The summed E-state index contributed by atoms with van der Waals surface area (Å²) in [5.41, 5.74) is 0. The van der Waals surface area contributed by atoms with Crippen LogP contribution >= 0.6 is 15.9 Å². The quantitative estimate of drug-likeness (QED) is 0.592. The number of amides is 3. The fraction of sp³-hybridized carbons (Fsp3) is 0.600. The second kappa shape index (κ2) is 3.19. The summed E-state index contributed by atoms with van der Waals surface area (Å²) in [6.45, 7) is 0. The number of ether oxygens (including phenoxy) is 1. The van der Waals surface area contributed by atoms with Gasteiger partial charge in [0.25, 0.3) is 0 Å². The molecule has 0 aromatic rings. The molecule has 1 heterocycles. The van der Waals surface area contributed by atoms with Crippen molar-refractivity contribution < 1.29 is 14.3 Å². The molecular weight excluding hydrogens is 216 g/mol. The van der Waals surface area contributed by atoms with Gasteiger partial charge in [0.2, 0.25) is 5.91 Å². The van der Waals surface area contributed by atoms with E-state index in [1.165, 1.54) is 7.11 Å². The third kappa shape index (κ3) is 1.69. The van der Waals surface area contributed by atoms with Crippen molar-refractivity contribution in [3.8, 4) is 0 Å². The van der Waals surface area contributed by atoms with E-state index in [1.807, 2.05) is 0 Å². The zero-order valence-electron chi connectivity index (χ0n) is 5.76. The highest BCUT2D eigenvalue weighted by Crippen LogP contribution is 2.09. The molecule has 5 nitrogen and oxygen atoms in total. The molecule has 1 rings (SSSR count). The first-order valence-corrected chi connectivity index (χ1v) is 3.85. The van der Waals surface area contributed by atoms with Crippen molar-refractivity contribution in [1.29, 1.82) is 0 Å². The lowest BCUT2D eigenvalue weighted by atomic mass is 10.3. The molecule has 62 valence electrons. The Morgan fingerprint density at radius 2 is 2.18 bits per heavy atom. The largest absolute Gasteiger partial charge is 0.360 e. The number of hydrogen-bond acceptors (Lipinski definition) is 3. The predicted octanol–water partition coefficient (Wildman–Crippen LogP) is -0.438. The minimum atomic E-state index is -0.587. The van der Waals surface area contributed by atoms with E-state index >= 15 is 0 Å². The molecule has 1 aliphatic rings. The van der Waals surface area contributed by atoms with Crippen molar-refractivity contribution in [3.63, 3.8) is 0 Å². The van der Waals surface area contributed by atoms with Crippen LogP contribution in [0.5, 0.6) is 0 Å². The van der Waals surface area contributed by atoms with Gasteiger partial charge in [0, 0.05) is 7.11 Å². The molecule has 11 heavy (non-hydrogen) atoms. The summed E-state index contributed by atoms with van der Waals surface area (Å²) in [6.07, 6.45) is -0.587. The molecule has 6 heteroatoms. The van der Waals surface area contributed by atoms with E-state index in [-0.39, 0.29) is 5.91 Å². The fourth-order valence-electron chi connectivity index (χ4n) is 0.735. The van der Waals surface area contributed by atoms with E-state index in [0.717, 1.165) is 0 Å².